The van der Waals surface area contributed by atoms with E-state index in [1.165, 1.54) is 0 Å². The fraction of sp³-hybridized carbons (Fsp3) is 0.238. The molecule has 0 amide bonds. The number of hydrogen-bond donors (Lipinski definition) is 1. The normalized spacial score (nSPS) is 6.83. The van der Waals surface area contributed by atoms with Crippen molar-refractivity contribution >= 4 is 4.57 Å². The Morgan fingerprint density at radius 3 is 1.77 bits per heavy atom. The molecule has 1 rings (SSSR count). The molecule has 0 atom stereocenters. The number of ether oxygens (including phenoxy) is 2. The van der Waals surface area contributed by atoms with Crippen molar-refractivity contribution < 1.29 is 53.7 Å². The number of hydrogen-bond acceptors (Lipinski definition) is 3. The zero-order chi connectivity index (χ0) is 25.1. The molecule has 0 aliphatic rings. The second-order valence-corrected chi connectivity index (χ2v) is 5.01. The first kappa shape index (κ1) is 38.0. The van der Waals surface area contributed by atoms with E-state index in [0.717, 1.165) is 22.3 Å². The summed E-state index contributed by atoms with van der Waals surface area (Å²) in [5.74, 6) is 5.90. The van der Waals surface area contributed by atoms with Gasteiger partial charge in [0.25, 0.3) is 0 Å². The summed E-state index contributed by atoms with van der Waals surface area (Å²) in [5.41, 5.74) is 3.64. The minimum atomic E-state index is 0.118. The van der Waals surface area contributed by atoms with E-state index in [0.29, 0.717) is 11.2 Å². The molecular weight excluding hydrogens is 432 g/mol. The van der Waals surface area contributed by atoms with Gasteiger partial charge in [0, 0.05) is 0 Å². The van der Waals surface area contributed by atoms with Gasteiger partial charge in [0.05, 0.1) is 0 Å². The van der Waals surface area contributed by atoms with E-state index >= 15 is 0 Å². The van der Waals surface area contributed by atoms with Crippen LogP contribution >= 0.6 is 0 Å². The number of benzene rings is 1. The summed E-state index contributed by atoms with van der Waals surface area (Å²) in [6.45, 7) is 32.3. The summed E-state index contributed by atoms with van der Waals surface area (Å²) in [5, 5.41) is 9.51. The van der Waals surface area contributed by atoms with Crippen LogP contribution in [0.2, 0.25) is 0 Å². The van der Waals surface area contributed by atoms with Gasteiger partial charge in [-0.3, -0.25) is 0 Å². The van der Waals surface area contributed by atoms with Gasteiger partial charge in [-0.25, -0.2) is 0 Å². The predicted molar refractivity (Wildman–Crippen MR) is 95.8 cm³/mol. The number of allylic oxidation sites excluding steroid dienone is 1. The van der Waals surface area contributed by atoms with Gasteiger partial charge in [-0.15, -0.1) is 0 Å². The molecule has 0 heterocycles. The molecule has 0 aromatic heterocycles. The van der Waals surface area contributed by atoms with Crippen LogP contribution in [0.5, 0.6) is 5.75 Å². The third-order valence-corrected chi connectivity index (χ3v) is 2.97. The molecule has 156 valence electrons. The summed E-state index contributed by atoms with van der Waals surface area (Å²) in [4.78, 5) is 0. The van der Waals surface area contributed by atoms with Gasteiger partial charge in [-0.1, -0.05) is 0 Å². The van der Waals surface area contributed by atoms with E-state index < -0.39 is 0 Å². The zero-order valence-electron chi connectivity index (χ0n) is 16.5. The van der Waals surface area contributed by atoms with Crippen LogP contribution in [0, 0.1) is 58.9 Å². The SMILES string of the molecule is C=C(C)C#CCOCO[C](=[Cr])c1c(C)cc(O)cc1C.[C-]#[O+].[C-]#[O+].[C-]#[O+].[C-]#[O+].[C-]#[O+]. The van der Waals surface area contributed by atoms with Gasteiger partial charge in [0.15, 0.2) is 0 Å². The molecule has 0 radical (unpaired) electrons. The first-order valence-corrected chi connectivity index (χ1v) is 7.77. The van der Waals surface area contributed by atoms with Crippen molar-refractivity contribution in [3.05, 3.63) is 74.2 Å². The average Bonchev–Trinajstić information content (AvgIpc) is 2.77. The minimum absolute atomic E-state index is 0.118. The van der Waals surface area contributed by atoms with Crippen LogP contribution in [-0.4, -0.2) is 23.1 Å². The molecule has 9 heteroatoms. The van der Waals surface area contributed by atoms with Gasteiger partial charge < -0.3 is 0 Å². The van der Waals surface area contributed by atoms with Crippen molar-refractivity contribution in [1.29, 1.82) is 0 Å². The molecule has 0 unspecified atom stereocenters. The Hall–Kier alpha value is -2.66. The van der Waals surface area contributed by atoms with Gasteiger partial charge in [0.1, 0.15) is 0 Å². The summed E-state index contributed by atoms with van der Waals surface area (Å²) in [7, 11) is 0. The van der Waals surface area contributed by atoms with E-state index in [1.807, 2.05) is 20.8 Å². The fourth-order valence-corrected chi connectivity index (χ4v) is 2.29. The Morgan fingerprint density at radius 2 is 1.40 bits per heavy atom. The van der Waals surface area contributed by atoms with Gasteiger partial charge in [0.2, 0.25) is 0 Å². The summed E-state index contributed by atoms with van der Waals surface area (Å²) in [6.07, 6.45) is 0. The second-order valence-electron chi connectivity index (χ2n) is 4.43. The molecule has 30 heavy (non-hydrogen) atoms. The second kappa shape index (κ2) is 31.0. The van der Waals surface area contributed by atoms with Crippen LogP contribution in [0.1, 0.15) is 23.6 Å². The molecule has 0 saturated carbocycles. The topological polar surface area (TPSA) is 138 Å². The molecule has 0 fully saturated rings. The van der Waals surface area contributed by atoms with Crippen molar-refractivity contribution in [2.45, 2.75) is 20.8 Å². The van der Waals surface area contributed by atoms with Crippen molar-refractivity contribution in [3.8, 4) is 17.6 Å². The maximum absolute atomic E-state index is 9.51. The molecule has 1 N–H and O–H groups in total. The maximum atomic E-state index is 9.51. The molecule has 0 aliphatic heterocycles. The number of aryl methyl sites for hydroxylation is 2. The van der Waals surface area contributed by atoms with Gasteiger partial charge in [-0.05, 0) is 0 Å². The molecule has 8 nitrogen and oxygen atoms in total. The quantitative estimate of drug-likeness (QED) is 0.242. The molecule has 1 aromatic carbocycles. The number of aromatic hydroxyl groups is 1. The summed E-state index contributed by atoms with van der Waals surface area (Å²) in [6, 6.07) is 3.39. The van der Waals surface area contributed by atoms with E-state index in [4.69, 9.17) is 32.7 Å². The van der Waals surface area contributed by atoms with E-state index in [-0.39, 0.29) is 12.5 Å². The third kappa shape index (κ3) is 21.6. The number of phenols is 1. The van der Waals surface area contributed by atoms with Crippen LogP contribution in [0.4, 0.5) is 0 Å². The Bertz CT molecular complexity index is 731. The first-order chi connectivity index (χ1) is 14.4. The monoisotopic (exact) mass is 450 g/mol. The Balaban J connectivity index is -0.000000182. The van der Waals surface area contributed by atoms with Crippen molar-refractivity contribution in [2.75, 3.05) is 13.4 Å². The molecule has 1 aromatic rings. The molecule has 0 spiro atoms. The van der Waals surface area contributed by atoms with E-state index in [9.17, 15) is 5.11 Å². The van der Waals surface area contributed by atoms with Crippen molar-refractivity contribution in [2.24, 2.45) is 0 Å². The van der Waals surface area contributed by atoms with Crippen LogP contribution in [-0.2, 0) is 48.6 Å². The Labute approximate surface area is 184 Å². The van der Waals surface area contributed by atoms with E-state index in [2.05, 4.69) is 67.5 Å². The predicted octanol–water partition coefficient (Wildman–Crippen LogP) is 2.42. The van der Waals surface area contributed by atoms with Gasteiger partial charge >= 0.3 is 184 Å². The van der Waals surface area contributed by atoms with Crippen LogP contribution in [0.3, 0.4) is 0 Å². The third-order valence-electron chi connectivity index (χ3n) is 2.47. The standard InChI is InChI=1S/C16H18O3.5CO.Cr/c1-12(2)6-5-7-18-11-19-10-16-13(3)8-15(17)9-14(16)4;5*1-2;/h8-9,17H,1,7,11H2,2-4H3;;;;;;. The first-order valence-electron chi connectivity index (χ1n) is 7.13. The average molecular weight is 450 g/mol. The van der Waals surface area contributed by atoms with Crippen molar-refractivity contribution in [1.82, 2.24) is 0 Å². The number of rotatable bonds is 5. The van der Waals surface area contributed by atoms with Crippen LogP contribution in [0.15, 0.2) is 24.3 Å². The molecule has 0 aliphatic carbocycles. The van der Waals surface area contributed by atoms with E-state index in [1.54, 1.807) is 12.1 Å². The summed E-state index contributed by atoms with van der Waals surface area (Å²) < 4.78 is 48.9. The summed E-state index contributed by atoms with van der Waals surface area (Å²) >= 11 is 2.89. The molecule has 0 saturated heterocycles. The number of phenolic OH excluding ortho intramolecular Hbond substituents is 1. The molecule has 0 bridgehead atoms. The Kier molecular flexibility index (Phi) is 39.3. The van der Waals surface area contributed by atoms with Crippen LogP contribution in [0.25, 0.3) is 0 Å². The van der Waals surface area contributed by atoms with Gasteiger partial charge in [-0.2, -0.15) is 0 Å². The van der Waals surface area contributed by atoms with Crippen LogP contribution < -0.4 is 0 Å². The van der Waals surface area contributed by atoms with Crippen molar-refractivity contribution in [3.63, 3.8) is 0 Å². The Morgan fingerprint density at radius 1 is 1.00 bits per heavy atom. The molecular formula is C21H18CrO8. The zero-order valence-corrected chi connectivity index (χ0v) is 17.8. The fourth-order valence-electron chi connectivity index (χ4n) is 1.71.